The van der Waals surface area contributed by atoms with Crippen molar-refractivity contribution in [1.29, 1.82) is 0 Å². The summed E-state index contributed by atoms with van der Waals surface area (Å²) in [5.74, 6) is 0.247. The summed E-state index contributed by atoms with van der Waals surface area (Å²) < 4.78 is 22.0. The van der Waals surface area contributed by atoms with Gasteiger partial charge in [0.15, 0.2) is 9.84 Å². The van der Waals surface area contributed by atoms with E-state index in [0.717, 1.165) is 18.5 Å². The highest BCUT2D eigenvalue weighted by Crippen LogP contribution is 2.00. The van der Waals surface area contributed by atoms with E-state index >= 15 is 0 Å². The standard InChI is InChI=1S/C10H17N3O2S/c1-3-4-11-5-9-6-12-10(13-7-9)8-16(2,14)15/h6-7,11H,3-5,8H2,1-2H3. The first-order valence-corrected chi connectivity index (χ1v) is 7.25. The van der Waals surface area contributed by atoms with Gasteiger partial charge in [0.1, 0.15) is 11.6 Å². The van der Waals surface area contributed by atoms with Crippen molar-refractivity contribution in [2.45, 2.75) is 25.6 Å². The van der Waals surface area contributed by atoms with E-state index in [2.05, 4.69) is 22.2 Å². The van der Waals surface area contributed by atoms with Crippen LogP contribution in [0.15, 0.2) is 12.4 Å². The lowest BCUT2D eigenvalue weighted by Crippen LogP contribution is -2.14. The minimum absolute atomic E-state index is 0.102. The predicted octanol–water partition coefficient (Wildman–Crippen LogP) is 0.521. The lowest BCUT2D eigenvalue weighted by atomic mass is 10.3. The third-order valence-corrected chi connectivity index (χ3v) is 2.69. The first-order valence-electron chi connectivity index (χ1n) is 5.19. The Morgan fingerprint density at radius 1 is 1.31 bits per heavy atom. The number of hydrogen-bond acceptors (Lipinski definition) is 5. The Morgan fingerprint density at radius 2 is 1.94 bits per heavy atom. The molecule has 1 aromatic rings. The molecule has 0 atom stereocenters. The van der Waals surface area contributed by atoms with Gasteiger partial charge in [0.05, 0.1) is 0 Å². The molecular formula is C10H17N3O2S. The number of aromatic nitrogens is 2. The summed E-state index contributed by atoms with van der Waals surface area (Å²) in [6.45, 7) is 3.76. The number of hydrogen-bond donors (Lipinski definition) is 1. The summed E-state index contributed by atoms with van der Waals surface area (Å²) in [7, 11) is -3.05. The van der Waals surface area contributed by atoms with Crippen LogP contribution in [0, 0.1) is 0 Å². The van der Waals surface area contributed by atoms with Gasteiger partial charge in [0.2, 0.25) is 0 Å². The molecule has 1 N–H and O–H groups in total. The monoisotopic (exact) mass is 243 g/mol. The normalized spacial score (nSPS) is 11.6. The lowest BCUT2D eigenvalue weighted by Gasteiger charge is -2.03. The molecule has 0 aliphatic rings. The van der Waals surface area contributed by atoms with E-state index in [1.807, 2.05) is 0 Å². The van der Waals surface area contributed by atoms with Gasteiger partial charge in [-0.15, -0.1) is 0 Å². The quantitative estimate of drug-likeness (QED) is 0.737. The molecule has 0 bridgehead atoms. The average Bonchev–Trinajstić information content (AvgIpc) is 2.19. The zero-order valence-corrected chi connectivity index (χ0v) is 10.4. The van der Waals surface area contributed by atoms with Crippen LogP contribution in [-0.4, -0.2) is 31.2 Å². The molecule has 0 unspecified atom stereocenters. The first-order chi connectivity index (χ1) is 7.51. The Kier molecular flexibility index (Phi) is 4.82. The smallest absolute Gasteiger partial charge is 0.154 e. The predicted molar refractivity (Wildman–Crippen MR) is 62.6 cm³/mol. The SMILES string of the molecule is CCCNCc1cnc(CS(C)(=O)=O)nc1. The maximum absolute atomic E-state index is 11.0. The maximum Gasteiger partial charge on any atom is 0.154 e. The van der Waals surface area contributed by atoms with E-state index in [0.29, 0.717) is 12.4 Å². The molecule has 0 aliphatic heterocycles. The third-order valence-electron chi connectivity index (χ3n) is 1.91. The van der Waals surface area contributed by atoms with Crippen LogP contribution in [0.25, 0.3) is 0 Å². The Morgan fingerprint density at radius 3 is 2.44 bits per heavy atom. The molecule has 16 heavy (non-hydrogen) atoms. The van der Waals surface area contributed by atoms with Crippen LogP contribution in [0.2, 0.25) is 0 Å². The van der Waals surface area contributed by atoms with Gasteiger partial charge >= 0.3 is 0 Å². The van der Waals surface area contributed by atoms with Gasteiger partial charge in [0, 0.05) is 30.8 Å². The van der Waals surface area contributed by atoms with Crippen molar-refractivity contribution in [2.75, 3.05) is 12.8 Å². The number of nitrogens with zero attached hydrogens (tertiary/aromatic N) is 2. The van der Waals surface area contributed by atoms with Crippen molar-refractivity contribution in [3.8, 4) is 0 Å². The van der Waals surface area contributed by atoms with Crippen molar-refractivity contribution in [3.63, 3.8) is 0 Å². The van der Waals surface area contributed by atoms with E-state index in [-0.39, 0.29) is 5.75 Å². The molecule has 0 aromatic carbocycles. The van der Waals surface area contributed by atoms with Gasteiger partial charge in [-0.05, 0) is 13.0 Å². The Balaban J connectivity index is 2.54. The summed E-state index contributed by atoms with van der Waals surface area (Å²) in [6.07, 6.45) is 5.58. The topological polar surface area (TPSA) is 72.0 Å². The summed E-state index contributed by atoms with van der Waals surface area (Å²) >= 11 is 0. The molecule has 0 saturated heterocycles. The van der Waals surface area contributed by atoms with E-state index in [1.165, 1.54) is 6.26 Å². The van der Waals surface area contributed by atoms with Crippen LogP contribution < -0.4 is 5.32 Å². The Hall–Kier alpha value is -1.01. The van der Waals surface area contributed by atoms with Crippen molar-refractivity contribution < 1.29 is 8.42 Å². The van der Waals surface area contributed by atoms with Crippen LogP contribution in [-0.2, 0) is 22.1 Å². The second-order valence-corrected chi connectivity index (χ2v) is 5.89. The fourth-order valence-electron chi connectivity index (χ4n) is 1.19. The van der Waals surface area contributed by atoms with Crippen LogP contribution in [0.5, 0.6) is 0 Å². The highest BCUT2D eigenvalue weighted by atomic mass is 32.2. The first kappa shape index (κ1) is 13.1. The molecule has 1 rings (SSSR count). The fourth-order valence-corrected chi connectivity index (χ4v) is 1.81. The van der Waals surface area contributed by atoms with Gasteiger partial charge in [-0.1, -0.05) is 6.92 Å². The zero-order chi connectivity index (χ0) is 12.0. The minimum Gasteiger partial charge on any atom is -0.313 e. The molecule has 1 aromatic heterocycles. The molecule has 0 amide bonds. The zero-order valence-electron chi connectivity index (χ0n) is 9.60. The van der Waals surface area contributed by atoms with Gasteiger partial charge in [-0.3, -0.25) is 0 Å². The molecule has 6 heteroatoms. The molecule has 5 nitrogen and oxygen atoms in total. The molecule has 0 saturated carbocycles. The summed E-state index contributed by atoms with van der Waals surface area (Å²) in [5.41, 5.74) is 0.964. The highest BCUT2D eigenvalue weighted by molar-refractivity contribution is 7.89. The molecule has 90 valence electrons. The minimum atomic E-state index is -3.05. The average molecular weight is 243 g/mol. The van der Waals surface area contributed by atoms with Crippen LogP contribution in [0.4, 0.5) is 0 Å². The Labute approximate surface area is 96.2 Å². The van der Waals surface area contributed by atoms with E-state index in [9.17, 15) is 8.42 Å². The van der Waals surface area contributed by atoms with Gasteiger partial charge in [-0.25, -0.2) is 18.4 Å². The van der Waals surface area contributed by atoms with E-state index in [4.69, 9.17) is 0 Å². The largest absolute Gasteiger partial charge is 0.313 e. The van der Waals surface area contributed by atoms with Crippen molar-refractivity contribution in [1.82, 2.24) is 15.3 Å². The fraction of sp³-hybridized carbons (Fsp3) is 0.600. The van der Waals surface area contributed by atoms with Crippen LogP contribution in [0.3, 0.4) is 0 Å². The molecule has 0 spiro atoms. The van der Waals surface area contributed by atoms with Crippen molar-refractivity contribution >= 4 is 9.84 Å². The van der Waals surface area contributed by atoms with Crippen LogP contribution >= 0.6 is 0 Å². The van der Waals surface area contributed by atoms with Crippen LogP contribution in [0.1, 0.15) is 24.7 Å². The number of sulfone groups is 1. The highest BCUT2D eigenvalue weighted by Gasteiger charge is 2.06. The van der Waals surface area contributed by atoms with Gasteiger partial charge in [0.25, 0.3) is 0 Å². The van der Waals surface area contributed by atoms with E-state index in [1.54, 1.807) is 12.4 Å². The maximum atomic E-state index is 11.0. The summed E-state index contributed by atoms with van der Waals surface area (Å²) in [5, 5.41) is 3.22. The molecule has 0 aliphatic carbocycles. The molecule has 0 fully saturated rings. The number of rotatable bonds is 6. The van der Waals surface area contributed by atoms with Gasteiger partial charge < -0.3 is 5.32 Å². The third kappa shape index (κ3) is 5.18. The van der Waals surface area contributed by atoms with E-state index < -0.39 is 9.84 Å². The Bertz CT molecular complexity index is 414. The second-order valence-electron chi connectivity index (χ2n) is 3.75. The van der Waals surface area contributed by atoms with Crippen molar-refractivity contribution in [3.05, 3.63) is 23.8 Å². The molecule has 1 heterocycles. The summed E-state index contributed by atoms with van der Waals surface area (Å²) in [6, 6.07) is 0. The lowest BCUT2D eigenvalue weighted by molar-refractivity contribution is 0.599. The second kappa shape index (κ2) is 5.91. The van der Waals surface area contributed by atoms with Gasteiger partial charge in [-0.2, -0.15) is 0 Å². The molecule has 0 radical (unpaired) electrons. The summed E-state index contributed by atoms with van der Waals surface area (Å²) in [4.78, 5) is 8.03. The van der Waals surface area contributed by atoms with Crippen molar-refractivity contribution in [2.24, 2.45) is 0 Å². The number of nitrogens with one attached hydrogen (secondary N) is 1. The molecular weight excluding hydrogens is 226 g/mol.